The summed E-state index contributed by atoms with van der Waals surface area (Å²) >= 11 is 0. The number of amides is 2. The van der Waals surface area contributed by atoms with Gasteiger partial charge in [-0.1, -0.05) is 57.2 Å². The van der Waals surface area contributed by atoms with Crippen LogP contribution in [0, 0.1) is 6.92 Å². The fourth-order valence-corrected chi connectivity index (χ4v) is 5.40. The van der Waals surface area contributed by atoms with Crippen LogP contribution in [0.3, 0.4) is 0 Å². The molecule has 1 aliphatic heterocycles. The number of anilines is 1. The molecule has 0 saturated carbocycles. The molecule has 0 atom stereocenters. The highest BCUT2D eigenvalue weighted by Crippen LogP contribution is 2.34. The van der Waals surface area contributed by atoms with E-state index < -0.39 is 0 Å². The predicted molar refractivity (Wildman–Crippen MR) is 169 cm³/mol. The van der Waals surface area contributed by atoms with Crippen molar-refractivity contribution in [2.45, 2.75) is 33.1 Å². The van der Waals surface area contributed by atoms with E-state index in [0.29, 0.717) is 43.1 Å². The summed E-state index contributed by atoms with van der Waals surface area (Å²) in [7, 11) is 0. The molecule has 8 nitrogen and oxygen atoms in total. The fraction of sp³-hybridized carbons (Fsp3) is 0.257. The van der Waals surface area contributed by atoms with Crippen LogP contribution in [0.25, 0.3) is 33.5 Å². The van der Waals surface area contributed by atoms with Crippen molar-refractivity contribution in [2.24, 2.45) is 0 Å². The van der Waals surface area contributed by atoms with E-state index in [0.717, 1.165) is 39.2 Å². The lowest BCUT2D eigenvalue weighted by Gasteiger charge is -2.26. The molecule has 0 unspecified atom stereocenters. The van der Waals surface area contributed by atoms with Gasteiger partial charge in [-0.05, 0) is 65.4 Å². The van der Waals surface area contributed by atoms with Crippen LogP contribution < -0.4 is 5.32 Å². The number of morpholine rings is 1. The number of H-pyrrole nitrogens is 1. The predicted octanol–water partition coefficient (Wildman–Crippen LogP) is 6.62. The van der Waals surface area contributed by atoms with Crippen LogP contribution in [0.15, 0.2) is 79.1 Å². The standard InChI is InChI=1S/C35H35N5O3/c1-22-27(6-5-7-29(22)39-33(41)24-12-14-26(15-13-24)35(2,3)4)31-28-20-30(38-32(28)37-21-36-31)23-8-10-25(11-9-23)34(42)40-16-18-43-19-17-40/h5-15,20-21H,16-19H2,1-4H3,(H,39,41)(H,36,37,38). The summed E-state index contributed by atoms with van der Waals surface area (Å²) in [6.45, 7) is 10.8. The number of hydrogen-bond acceptors (Lipinski definition) is 5. The number of aromatic amines is 1. The molecule has 218 valence electrons. The number of ether oxygens (including phenoxy) is 1. The van der Waals surface area contributed by atoms with Gasteiger partial charge < -0.3 is 19.9 Å². The van der Waals surface area contributed by atoms with Crippen LogP contribution >= 0.6 is 0 Å². The van der Waals surface area contributed by atoms with Crippen LogP contribution in [0.5, 0.6) is 0 Å². The molecule has 2 N–H and O–H groups in total. The number of fused-ring (bicyclic) bond motifs is 1. The molecule has 43 heavy (non-hydrogen) atoms. The lowest BCUT2D eigenvalue weighted by Crippen LogP contribution is -2.40. The lowest BCUT2D eigenvalue weighted by molar-refractivity contribution is 0.0303. The summed E-state index contributed by atoms with van der Waals surface area (Å²) < 4.78 is 5.37. The zero-order chi connectivity index (χ0) is 30.1. The van der Waals surface area contributed by atoms with Crippen LogP contribution in [0.2, 0.25) is 0 Å². The van der Waals surface area contributed by atoms with Crippen molar-refractivity contribution in [1.82, 2.24) is 19.9 Å². The second-order valence-corrected chi connectivity index (χ2v) is 11.9. The van der Waals surface area contributed by atoms with Crippen molar-refractivity contribution < 1.29 is 14.3 Å². The number of carbonyl (C=O) groups is 2. The van der Waals surface area contributed by atoms with Crippen molar-refractivity contribution in [1.29, 1.82) is 0 Å². The quantitative estimate of drug-likeness (QED) is 0.246. The smallest absolute Gasteiger partial charge is 0.255 e. The van der Waals surface area contributed by atoms with Crippen molar-refractivity contribution in [3.8, 4) is 22.5 Å². The van der Waals surface area contributed by atoms with E-state index >= 15 is 0 Å². The molecule has 6 rings (SSSR count). The molecule has 1 aliphatic rings. The number of aromatic nitrogens is 3. The summed E-state index contributed by atoms with van der Waals surface area (Å²) in [6, 6.07) is 23.2. The molecule has 5 aromatic rings. The number of carbonyl (C=O) groups excluding carboxylic acids is 2. The maximum absolute atomic E-state index is 13.1. The minimum atomic E-state index is -0.159. The molecule has 0 spiro atoms. The highest BCUT2D eigenvalue weighted by atomic mass is 16.5. The molecule has 3 aromatic carbocycles. The Bertz CT molecular complexity index is 1790. The van der Waals surface area contributed by atoms with Gasteiger partial charge in [-0.25, -0.2) is 9.97 Å². The first kappa shape index (κ1) is 28.3. The van der Waals surface area contributed by atoms with Crippen LogP contribution in [0.4, 0.5) is 5.69 Å². The van der Waals surface area contributed by atoms with Crippen LogP contribution in [-0.4, -0.2) is 58.0 Å². The first-order valence-corrected chi connectivity index (χ1v) is 14.5. The second-order valence-electron chi connectivity index (χ2n) is 11.9. The first-order valence-electron chi connectivity index (χ1n) is 14.5. The van der Waals surface area contributed by atoms with Gasteiger partial charge in [0.15, 0.2) is 0 Å². The molecule has 1 saturated heterocycles. The minimum Gasteiger partial charge on any atom is -0.378 e. The van der Waals surface area contributed by atoms with Crippen LogP contribution in [0.1, 0.15) is 52.6 Å². The Kier molecular flexibility index (Phi) is 7.54. The van der Waals surface area contributed by atoms with E-state index in [1.807, 2.05) is 84.6 Å². The Hall–Kier alpha value is -4.82. The molecular weight excluding hydrogens is 538 g/mol. The summed E-state index contributed by atoms with van der Waals surface area (Å²) in [4.78, 5) is 40.3. The number of hydrogen-bond donors (Lipinski definition) is 2. The minimum absolute atomic E-state index is 0.0176. The molecule has 2 aromatic heterocycles. The van der Waals surface area contributed by atoms with Gasteiger partial charge in [-0.2, -0.15) is 0 Å². The zero-order valence-electron chi connectivity index (χ0n) is 24.9. The summed E-state index contributed by atoms with van der Waals surface area (Å²) in [5, 5.41) is 3.95. The van der Waals surface area contributed by atoms with Gasteiger partial charge in [0.05, 0.1) is 18.9 Å². The van der Waals surface area contributed by atoms with Gasteiger partial charge in [0.2, 0.25) is 0 Å². The fourth-order valence-electron chi connectivity index (χ4n) is 5.40. The second kappa shape index (κ2) is 11.5. The maximum Gasteiger partial charge on any atom is 0.255 e. The Morgan fingerprint density at radius 3 is 2.30 bits per heavy atom. The van der Waals surface area contributed by atoms with E-state index in [9.17, 15) is 9.59 Å². The van der Waals surface area contributed by atoms with Crippen molar-refractivity contribution >= 4 is 28.5 Å². The monoisotopic (exact) mass is 573 g/mol. The number of nitrogens with one attached hydrogen (secondary N) is 2. The Morgan fingerprint density at radius 2 is 1.60 bits per heavy atom. The first-order chi connectivity index (χ1) is 20.7. The Morgan fingerprint density at radius 1 is 0.907 bits per heavy atom. The Balaban J connectivity index is 1.26. The third-order valence-electron chi connectivity index (χ3n) is 8.02. The van der Waals surface area contributed by atoms with Gasteiger partial charge in [0.25, 0.3) is 11.8 Å². The number of rotatable bonds is 5. The van der Waals surface area contributed by atoms with Gasteiger partial charge in [-0.15, -0.1) is 0 Å². The van der Waals surface area contributed by atoms with Crippen molar-refractivity contribution in [3.63, 3.8) is 0 Å². The SMILES string of the molecule is Cc1c(NC(=O)c2ccc(C(C)(C)C)cc2)cccc1-c1ncnc2[nH]c(-c3ccc(C(=O)N4CCOCC4)cc3)cc12. The average Bonchev–Trinajstić information content (AvgIpc) is 3.47. The molecule has 0 radical (unpaired) electrons. The van der Waals surface area contributed by atoms with Crippen molar-refractivity contribution in [2.75, 3.05) is 31.6 Å². The topological polar surface area (TPSA) is 100 Å². The Labute approximate surface area is 251 Å². The number of nitrogens with zero attached hydrogens (tertiary/aromatic N) is 3. The summed E-state index contributed by atoms with van der Waals surface area (Å²) in [5.74, 6) is -0.142. The third-order valence-corrected chi connectivity index (χ3v) is 8.02. The maximum atomic E-state index is 13.1. The molecule has 0 bridgehead atoms. The number of benzene rings is 3. The highest BCUT2D eigenvalue weighted by Gasteiger charge is 2.20. The lowest BCUT2D eigenvalue weighted by atomic mass is 9.86. The molecule has 1 fully saturated rings. The normalized spacial score (nSPS) is 13.7. The molecule has 2 amide bonds. The van der Waals surface area contributed by atoms with E-state index in [-0.39, 0.29) is 17.2 Å². The van der Waals surface area contributed by atoms with Crippen LogP contribution in [-0.2, 0) is 10.2 Å². The summed E-state index contributed by atoms with van der Waals surface area (Å²) in [5.41, 5.74) is 8.31. The van der Waals surface area contributed by atoms with Gasteiger partial charge in [-0.3, -0.25) is 9.59 Å². The van der Waals surface area contributed by atoms with Gasteiger partial charge in [0.1, 0.15) is 12.0 Å². The van der Waals surface area contributed by atoms with Gasteiger partial charge in [0, 0.05) is 46.5 Å². The molecule has 0 aliphatic carbocycles. The molecular formula is C35H35N5O3. The molecule has 8 heteroatoms. The van der Waals surface area contributed by atoms with E-state index in [4.69, 9.17) is 4.74 Å². The van der Waals surface area contributed by atoms with E-state index in [1.54, 1.807) is 6.33 Å². The third kappa shape index (κ3) is 5.79. The van der Waals surface area contributed by atoms with E-state index in [1.165, 1.54) is 5.56 Å². The summed E-state index contributed by atoms with van der Waals surface area (Å²) in [6.07, 6.45) is 1.55. The molecule has 3 heterocycles. The van der Waals surface area contributed by atoms with Gasteiger partial charge >= 0.3 is 0 Å². The average molecular weight is 574 g/mol. The largest absolute Gasteiger partial charge is 0.378 e. The zero-order valence-corrected chi connectivity index (χ0v) is 24.9. The van der Waals surface area contributed by atoms with Crippen molar-refractivity contribution in [3.05, 3.63) is 101 Å². The highest BCUT2D eigenvalue weighted by molar-refractivity contribution is 6.05. The van der Waals surface area contributed by atoms with E-state index in [2.05, 4.69) is 41.0 Å².